The molecule has 7 heteroatoms. The van der Waals surface area contributed by atoms with Crippen LogP contribution in [0, 0.1) is 4.77 Å². The Balaban J connectivity index is 1.34. The third-order valence-electron chi connectivity index (χ3n) is 5.52. The topological polar surface area (TPSA) is 38.9 Å². The van der Waals surface area contributed by atoms with Crippen molar-refractivity contribution in [1.82, 2.24) is 24.2 Å². The molecule has 0 radical (unpaired) electrons. The summed E-state index contributed by atoms with van der Waals surface area (Å²) in [6, 6.07) is 8.45. The van der Waals surface area contributed by atoms with Crippen LogP contribution in [-0.2, 0) is 13.7 Å². The van der Waals surface area contributed by atoms with E-state index in [9.17, 15) is 0 Å². The molecule has 0 spiro atoms. The van der Waals surface area contributed by atoms with Gasteiger partial charge in [0.05, 0.1) is 21.9 Å². The number of nitrogens with zero attached hydrogens (tertiary/aromatic N) is 5. The monoisotopic (exact) mass is 385 g/mol. The summed E-state index contributed by atoms with van der Waals surface area (Å²) in [4.78, 5) is 7.38. The van der Waals surface area contributed by atoms with E-state index in [0.717, 1.165) is 35.9 Å². The van der Waals surface area contributed by atoms with Crippen LogP contribution in [0.1, 0.15) is 48.4 Å². The minimum atomic E-state index is 0.516. The highest BCUT2D eigenvalue weighted by molar-refractivity contribution is 7.71. The second-order valence-corrected chi connectivity index (χ2v) is 8.98. The largest absolute Gasteiger partial charge is 0.307 e. The van der Waals surface area contributed by atoms with Crippen LogP contribution >= 0.6 is 23.6 Å². The van der Waals surface area contributed by atoms with Gasteiger partial charge < -0.3 is 4.57 Å². The molecule has 1 aromatic carbocycles. The highest BCUT2D eigenvalue weighted by atomic mass is 32.1. The van der Waals surface area contributed by atoms with Gasteiger partial charge in [-0.1, -0.05) is 12.1 Å². The highest BCUT2D eigenvalue weighted by Crippen LogP contribution is 2.39. The van der Waals surface area contributed by atoms with Crippen LogP contribution in [0.15, 0.2) is 24.3 Å². The Bertz CT molecular complexity index is 964. The average molecular weight is 386 g/mol. The summed E-state index contributed by atoms with van der Waals surface area (Å²) in [5.41, 5.74) is 1.13. The van der Waals surface area contributed by atoms with E-state index in [-0.39, 0.29) is 0 Å². The first-order valence-electron chi connectivity index (χ1n) is 9.40. The zero-order valence-electron chi connectivity index (χ0n) is 15.0. The van der Waals surface area contributed by atoms with Crippen molar-refractivity contribution in [3.05, 3.63) is 39.9 Å². The molecule has 2 aliphatic rings. The lowest BCUT2D eigenvalue weighted by atomic mass is 9.99. The summed E-state index contributed by atoms with van der Waals surface area (Å²) in [5.74, 6) is 2.30. The molecule has 5 nitrogen and oxygen atoms in total. The van der Waals surface area contributed by atoms with Crippen molar-refractivity contribution >= 4 is 33.8 Å². The first-order chi connectivity index (χ1) is 12.7. The lowest BCUT2D eigenvalue weighted by Crippen LogP contribution is -2.36. The minimum Gasteiger partial charge on any atom is -0.307 e. The van der Waals surface area contributed by atoms with E-state index < -0.39 is 0 Å². The molecule has 1 aliphatic carbocycles. The maximum absolute atomic E-state index is 5.62. The van der Waals surface area contributed by atoms with Crippen LogP contribution in [0.3, 0.4) is 0 Å². The number of thiazole rings is 1. The Kier molecular flexibility index (Phi) is 4.18. The van der Waals surface area contributed by atoms with Gasteiger partial charge >= 0.3 is 0 Å². The Morgan fingerprint density at radius 3 is 2.85 bits per heavy atom. The third-order valence-corrected chi connectivity index (χ3v) is 7.20. The predicted octanol–water partition coefficient (Wildman–Crippen LogP) is 4.28. The first-order valence-corrected chi connectivity index (χ1v) is 10.6. The molecule has 1 atom stereocenters. The molecule has 2 aromatic heterocycles. The lowest BCUT2D eigenvalue weighted by molar-refractivity contribution is 0.156. The Morgan fingerprint density at radius 1 is 1.19 bits per heavy atom. The van der Waals surface area contributed by atoms with Crippen molar-refractivity contribution in [3.63, 3.8) is 0 Å². The Hall–Kier alpha value is -1.57. The summed E-state index contributed by atoms with van der Waals surface area (Å²) in [6.45, 7) is 2.94. The smallest absolute Gasteiger partial charge is 0.198 e. The van der Waals surface area contributed by atoms with E-state index in [1.807, 2.05) is 16.0 Å². The molecule has 26 heavy (non-hydrogen) atoms. The van der Waals surface area contributed by atoms with Gasteiger partial charge in [0.1, 0.15) is 5.82 Å². The molecular weight excluding hydrogens is 362 g/mol. The first kappa shape index (κ1) is 16.6. The average Bonchev–Trinajstić information content (AvgIpc) is 3.35. The summed E-state index contributed by atoms with van der Waals surface area (Å²) in [6.07, 6.45) is 4.93. The molecule has 0 amide bonds. The fourth-order valence-corrected chi connectivity index (χ4v) is 5.22. The van der Waals surface area contributed by atoms with E-state index in [2.05, 4.69) is 40.8 Å². The van der Waals surface area contributed by atoms with Gasteiger partial charge in [0.15, 0.2) is 4.77 Å². The number of likely N-dealkylation sites (tertiary alicyclic amines) is 1. The molecule has 0 bridgehead atoms. The van der Waals surface area contributed by atoms with Gasteiger partial charge in [0, 0.05) is 25.4 Å². The molecule has 3 heterocycles. The van der Waals surface area contributed by atoms with Crippen LogP contribution in [0.25, 0.3) is 10.2 Å². The summed E-state index contributed by atoms with van der Waals surface area (Å²) in [5, 5.41) is 6.10. The Labute approximate surface area is 162 Å². The number of rotatable bonds is 4. The summed E-state index contributed by atoms with van der Waals surface area (Å²) < 4.78 is 6.25. The van der Waals surface area contributed by atoms with Gasteiger partial charge in [-0.15, -0.1) is 11.3 Å². The number of piperidine rings is 1. The van der Waals surface area contributed by atoms with E-state index in [1.165, 1.54) is 35.4 Å². The fourth-order valence-electron chi connectivity index (χ4n) is 3.93. The second kappa shape index (κ2) is 6.55. The lowest BCUT2D eigenvalue weighted by Gasteiger charge is -2.31. The maximum atomic E-state index is 5.62. The number of benzene rings is 1. The maximum Gasteiger partial charge on any atom is 0.198 e. The zero-order chi connectivity index (χ0) is 17.7. The zero-order valence-corrected chi connectivity index (χ0v) is 16.6. The number of fused-ring (bicyclic) bond motifs is 1. The molecule has 0 unspecified atom stereocenters. The van der Waals surface area contributed by atoms with Crippen molar-refractivity contribution in [2.45, 2.75) is 44.2 Å². The van der Waals surface area contributed by atoms with E-state index in [0.29, 0.717) is 11.8 Å². The van der Waals surface area contributed by atoms with E-state index in [4.69, 9.17) is 22.3 Å². The summed E-state index contributed by atoms with van der Waals surface area (Å²) >= 11 is 7.47. The molecule has 2 fully saturated rings. The van der Waals surface area contributed by atoms with Crippen LogP contribution in [0.4, 0.5) is 0 Å². The molecule has 3 aromatic rings. The Morgan fingerprint density at radius 2 is 2.04 bits per heavy atom. The van der Waals surface area contributed by atoms with Gasteiger partial charge in [-0.25, -0.2) is 9.67 Å². The van der Waals surface area contributed by atoms with E-state index in [1.54, 1.807) is 0 Å². The van der Waals surface area contributed by atoms with Crippen molar-refractivity contribution < 1.29 is 0 Å². The van der Waals surface area contributed by atoms with Gasteiger partial charge in [-0.2, -0.15) is 5.10 Å². The number of para-hydroxylation sites is 1. The third kappa shape index (κ3) is 3.02. The fraction of sp³-hybridized carbons (Fsp3) is 0.526. The van der Waals surface area contributed by atoms with Crippen molar-refractivity contribution in [2.75, 3.05) is 13.1 Å². The second-order valence-electron chi connectivity index (χ2n) is 7.55. The molecular formula is C19H23N5S2. The van der Waals surface area contributed by atoms with Gasteiger partial charge in [-0.3, -0.25) is 4.90 Å². The van der Waals surface area contributed by atoms with Crippen molar-refractivity contribution in [1.29, 1.82) is 0 Å². The molecule has 136 valence electrons. The van der Waals surface area contributed by atoms with Crippen LogP contribution < -0.4 is 0 Å². The quantitative estimate of drug-likeness (QED) is 0.629. The predicted molar refractivity (Wildman–Crippen MR) is 107 cm³/mol. The van der Waals surface area contributed by atoms with Crippen molar-refractivity contribution in [2.24, 2.45) is 7.05 Å². The number of aromatic nitrogens is 4. The van der Waals surface area contributed by atoms with Crippen molar-refractivity contribution in [3.8, 4) is 0 Å². The SMILES string of the molecule is Cn1c(C2CC2)nn(CN2CCC[C@@H](c3nc4ccccc4s3)C2)c1=S. The number of hydrogen-bond donors (Lipinski definition) is 0. The summed E-state index contributed by atoms with van der Waals surface area (Å²) in [7, 11) is 2.06. The molecule has 1 saturated heterocycles. The molecule has 0 N–H and O–H groups in total. The number of hydrogen-bond acceptors (Lipinski definition) is 5. The van der Waals surface area contributed by atoms with Gasteiger partial charge in [-0.05, 0) is 56.6 Å². The van der Waals surface area contributed by atoms with Crippen LogP contribution in [-0.4, -0.2) is 37.3 Å². The van der Waals surface area contributed by atoms with Gasteiger partial charge in [0.2, 0.25) is 0 Å². The van der Waals surface area contributed by atoms with Gasteiger partial charge in [0.25, 0.3) is 0 Å². The van der Waals surface area contributed by atoms with Crippen LogP contribution in [0.5, 0.6) is 0 Å². The standard InChI is InChI=1S/C19H23N5S2/c1-22-17(13-8-9-13)21-24(19(22)25)12-23-10-4-5-14(11-23)18-20-15-6-2-3-7-16(15)26-18/h2-3,6-7,13-14H,4-5,8-12H2,1H3/t14-/m1/s1. The molecule has 1 aliphatic heterocycles. The highest BCUT2D eigenvalue weighted by Gasteiger charge is 2.30. The molecule has 1 saturated carbocycles. The normalized spacial score (nSPS) is 21.5. The molecule has 5 rings (SSSR count). The van der Waals surface area contributed by atoms with E-state index >= 15 is 0 Å². The minimum absolute atomic E-state index is 0.516. The van der Waals surface area contributed by atoms with Crippen LogP contribution in [0.2, 0.25) is 0 Å².